The summed E-state index contributed by atoms with van der Waals surface area (Å²) in [6.07, 6.45) is -2.25. The average Bonchev–Trinajstić information content (AvgIpc) is 3.36. The maximum Gasteiger partial charge on any atom is 0.415 e. The largest absolute Gasteiger partial charge is 0.465 e. The minimum atomic E-state index is -1.04. The lowest BCUT2D eigenvalue weighted by Crippen LogP contribution is -2.38. The lowest BCUT2D eigenvalue weighted by molar-refractivity contribution is 0.0558. The number of cyclic esters (lactones) is 1. The highest BCUT2D eigenvalue weighted by Gasteiger charge is 2.41. The number of carbonyl (C=O) groups excluding carboxylic acids is 3. The summed E-state index contributed by atoms with van der Waals surface area (Å²) in [5.74, 6) is -0.787. The topological polar surface area (TPSA) is 107 Å². The Morgan fingerprint density at radius 1 is 1.24 bits per heavy atom. The molecule has 3 heterocycles. The molecule has 4 amide bonds. The van der Waals surface area contributed by atoms with E-state index in [-0.39, 0.29) is 19.6 Å². The molecule has 1 N–H and O–H groups in total. The number of nitrogens with zero attached hydrogens (tertiary/aromatic N) is 3. The zero-order valence-electron chi connectivity index (χ0n) is 15.4. The molecule has 1 saturated heterocycles. The molecule has 1 aromatic heterocycles. The van der Waals surface area contributed by atoms with Gasteiger partial charge in [0.1, 0.15) is 11.1 Å². The van der Waals surface area contributed by atoms with E-state index in [1.165, 1.54) is 23.3 Å². The summed E-state index contributed by atoms with van der Waals surface area (Å²) < 4.78 is 5.36. The van der Waals surface area contributed by atoms with Gasteiger partial charge in [-0.1, -0.05) is 12.1 Å². The molecule has 1 aromatic carbocycles. The minimum absolute atomic E-state index is 0.0193. The molecule has 29 heavy (non-hydrogen) atoms. The van der Waals surface area contributed by atoms with Gasteiger partial charge >= 0.3 is 12.2 Å². The molecular weight excluding hydrogens is 398 g/mol. The van der Waals surface area contributed by atoms with Gasteiger partial charge in [-0.3, -0.25) is 19.4 Å². The van der Waals surface area contributed by atoms with Gasteiger partial charge in [-0.05, 0) is 29.1 Å². The second-order valence-electron chi connectivity index (χ2n) is 6.81. The summed E-state index contributed by atoms with van der Waals surface area (Å²) in [6.45, 7) is 0.378. The Bertz CT molecular complexity index is 984. The second-order valence-corrected chi connectivity index (χ2v) is 7.70. The molecule has 0 saturated carbocycles. The van der Waals surface area contributed by atoms with E-state index in [2.05, 4.69) is 0 Å². The Hall–Kier alpha value is -3.40. The van der Waals surface area contributed by atoms with Crippen LogP contribution in [-0.4, -0.2) is 65.1 Å². The monoisotopic (exact) mass is 415 g/mol. The van der Waals surface area contributed by atoms with Crippen LogP contribution < -0.4 is 4.90 Å². The van der Waals surface area contributed by atoms with Gasteiger partial charge in [0, 0.05) is 13.6 Å². The number of thiophene rings is 1. The van der Waals surface area contributed by atoms with Crippen molar-refractivity contribution in [2.75, 3.05) is 25.0 Å². The highest BCUT2D eigenvalue weighted by Crippen LogP contribution is 2.30. The van der Waals surface area contributed by atoms with Crippen LogP contribution in [-0.2, 0) is 11.3 Å². The Morgan fingerprint density at radius 2 is 1.90 bits per heavy atom. The lowest BCUT2D eigenvalue weighted by atomic mass is 10.1. The summed E-state index contributed by atoms with van der Waals surface area (Å²) in [6, 6.07) is 8.32. The average molecular weight is 415 g/mol. The number of amides is 4. The third-order valence-electron chi connectivity index (χ3n) is 4.79. The van der Waals surface area contributed by atoms with E-state index in [1.54, 1.807) is 35.7 Å². The number of imide groups is 1. The number of anilines is 1. The number of carboxylic acid groups (broad SMARTS) is 1. The van der Waals surface area contributed by atoms with Gasteiger partial charge in [0.25, 0.3) is 11.8 Å². The molecule has 2 aliphatic heterocycles. The quantitative estimate of drug-likeness (QED) is 0.752. The molecule has 0 spiro atoms. The summed E-state index contributed by atoms with van der Waals surface area (Å²) in [5, 5.41) is 11.4. The van der Waals surface area contributed by atoms with Crippen LogP contribution in [0.3, 0.4) is 0 Å². The number of carbonyl (C=O) groups is 4. The summed E-state index contributed by atoms with van der Waals surface area (Å²) >= 11 is 1.30. The lowest BCUT2D eigenvalue weighted by Gasteiger charge is -2.17. The highest BCUT2D eigenvalue weighted by molar-refractivity contribution is 7.14. The Labute approximate surface area is 169 Å². The second kappa shape index (κ2) is 7.21. The van der Waals surface area contributed by atoms with E-state index in [4.69, 9.17) is 9.84 Å². The van der Waals surface area contributed by atoms with Gasteiger partial charge in [0.15, 0.2) is 0 Å². The van der Waals surface area contributed by atoms with E-state index in [1.807, 2.05) is 0 Å². The van der Waals surface area contributed by atoms with Crippen LogP contribution >= 0.6 is 11.3 Å². The number of hydrogen-bond acceptors (Lipinski definition) is 6. The summed E-state index contributed by atoms with van der Waals surface area (Å²) in [4.78, 5) is 51.9. The number of ether oxygens (including phenoxy) is 1. The van der Waals surface area contributed by atoms with Crippen molar-refractivity contribution >= 4 is 40.3 Å². The van der Waals surface area contributed by atoms with Crippen molar-refractivity contribution in [2.24, 2.45) is 0 Å². The van der Waals surface area contributed by atoms with Crippen LogP contribution in [0.2, 0.25) is 0 Å². The van der Waals surface area contributed by atoms with Crippen LogP contribution in [0.15, 0.2) is 35.7 Å². The Kier molecular flexibility index (Phi) is 4.71. The SMILES string of the molecule is CN(Cc1csc(N2C[C@H](CN3C(=O)c4ccccc4C3=O)OC2=O)c1)C(=O)O. The van der Waals surface area contributed by atoms with Gasteiger partial charge in [-0.15, -0.1) is 11.3 Å². The fourth-order valence-corrected chi connectivity index (χ4v) is 4.24. The zero-order valence-corrected chi connectivity index (χ0v) is 16.2. The first-order valence-corrected chi connectivity index (χ1v) is 9.68. The molecule has 2 aliphatic rings. The maximum absolute atomic E-state index is 12.5. The highest BCUT2D eigenvalue weighted by atomic mass is 32.1. The first-order chi connectivity index (χ1) is 13.8. The normalized spacial score (nSPS) is 18.2. The number of rotatable bonds is 5. The molecule has 2 aromatic rings. The molecule has 9 nitrogen and oxygen atoms in total. The molecule has 0 unspecified atom stereocenters. The van der Waals surface area contributed by atoms with Crippen molar-refractivity contribution in [3.05, 3.63) is 52.4 Å². The van der Waals surface area contributed by atoms with Gasteiger partial charge in [-0.2, -0.15) is 0 Å². The van der Waals surface area contributed by atoms with Crippen molar-refractivity contribution in [3.63, 3.8) is 0 Å². The van der Waals surface area contributed by atoms with Crippen molar-refractivity contribution in [1.82, 2.24) is 9.80 Å². The zero-order chi connectivity index (χ0) is 20.7. The van der Waals surface area contributed by atoms with E-state index in [9.17, 15) is 19.2 Å². The molecule has 4 rings (SSSR count). The fourth-order valence-electron chi connectivity index (χ4n) is 3.33. The van der Waals surface area contributed by atoms with Crippen LogP contribution in [0, 0.1) is 0 Å². The van der Waals surface area contributed by atoms with E-state index >= 15 is 0 Å². The predicted molar refractivity (Wildman–Crippen MR) is 103 cm³/mol. The Balaban J connectivity index is 1.43. The smallest absolute Gasteiger partial charge is 0.415 e. The standard InChI is InChI=1S/C19H17N3O6S/c1-20(18(25)26)7-11-6-15(29-10-11)21-8-12(28-19(21)27)9-22-16(23)13-4-2-3-5-14(13)17(22)24/h2-6,10,12H,7-9H2,1H3,(H,25,26)/t12-/m1/s1. The molecule has 1 atom stereocenters. The number of hydrogen-bond donors (Lipinski definition) is 1. The Morgan fingerprint density at radius 3 is 2.52 bits per heavy atom. The molecule has 0 bridgehead atoms. The molecule has 150 valence electrons. The molecule has 0 radical (unpaired) electrons. The molecule has 10 heteroatoms. The third kappa shape index (κ3) is 3.42. The van der Waals surface area contributed by atoms with Crippen LogP contribution in [0.4, 0.5) is 14.6 Å². The van der Waals surface area contributed by atoms with Gasteiger partial charge in [-0.25, -0.2) is 9.59 Å². The molecule has 0 aliphatic carbocycles. The molecular formula is C19H17N3O6S. The van der Waals surface area contributed by atoms with Crippen molar-refractivity contribution < 1.29 is 29.0 Å². The molecule has 1 fully saturated rings. The van der Waals surface area contributed by atoms with E-state index in [0.29, 0.717) is 16.1 Å². The number of fused-ring (bicyclic) bond motifs is 1. The maximum atomic E-state index is 12.5. The van der Waals surface area contributed by atoms with E-state index < -0.39 is 30.1 Å². The first-order valence-electron chi connectivity index (χ1n) is 8.80. The van der Waals surface area contributed by atoms with Crippen molar-refractivity contribution in [3.8, 4) is 0 Å². The van der Waals surface area contributed by atoms with Gasteiger partial charge < -0.3 is 14.7 Å². The third-order valence-corrected chi connectivity index (χ3v) is 5.79. The minimum Gasteiger partial charge on any atom is -0.465 e. The van der Waals surface area contributed by atoms with Crippen LogP contribution in [0.5, 0.6) is 0 Å². The number of benzene rings is 1. The fraction of sp³-hybridized carbons (Fsp3) is 0.263. The summed E-state index contributed by atoms with van der Waals surface area (Å²) in [5.41, 5.74) is 1.46. The van der Waals surface area contributed by atoms with Crippen molar-refractivity contribution in [2.45, 2.75) is 12.6 Å². The first kappa shape index (κ1) is 18.9. The van der Waals surface area contributed by atoms with Crippen molar-refractivity contribution in [1.29, 1.82) is 0 Å². The van der Waals surface area contributed by atoms with Crippen LogP contribution in [0.25, 0.3) is 0 Å². The van der Waals surface area contributed by atoms with Crippen LogP contribution in [0.1, 0.15) is 26.3 Å². The van der Waals surface area contributed by atoms with E-state index in [0.717, 1.165) is 15.4 Å². The van der Waals surface area contributed by atoms with Gasteiger partial charge in [0.05, 0.1) is 24.2 Å². The summed E-state index contributed by atoms with van der Waals surface area (Å²) in [7, 11) is 1.46. The van der Waals surface area contributed by atoms with Gasteiger partial charge in [0.2, 0.25) is 0 Å². The predicted octanol–water partition coefficient (Wildman–Crippen LogP) is 2.48.